The SMILES string of the molecule is CCC1CCC(N)C(CN2CCC(COC)CC2)C1. The van der Waals surface area contributed by atoms with Gasteiger partial charge in [-0.05, 0) is 62.9 Å². The van der Waals surface area contributed by atoms with Gasteiger partial charge in [0.1, 0.15) is 0 Å². The van der Waals surface area contributed by atoms with Gasteiger partial charge in [0, 0.05) is 26.3 Å². The van der Waals surface area contributed by atoms with Crippen LogP contribution in [0.25, 0.3) is 0 Å². The Morgan fingerprint density at radius 1 is 1.11 bits per heavy atom. The van der Waals surface area contributed by atoms with Crippen LogP contribution in [0, 0.1) is 17.8 Å². The number of ether oxygens (including phenoxy) is 1. The molecule has 1 heterocycles. The highest BCUT2D eigenvalue weighted by Gasteiger charge is 2.30. The fraction of sp³-hybridized carbons (Fsp3) is 1.00. The van der Waals surface area contributed by atoms with Crippen LogP contribution in [0.2, 0.25) is 0 Å². The van der Waals surface area contributed by atoms with E-state index in [-0.39, 0.29) is 0 Å². The number of methoxy groups -OCH3 is 1. The van der Waals surface area contributed by atoms with Crippen LogP contribution < -0.4 is 5.73 Å². The molecule has 1 aliphatic heterocycles. The second-order valence-corrected chi connectivity index (χ2v) is 6.71. The monoisotopic (exact) mass is 268 g/mol. The van der Waals surface area contributed by atoms with Crippen LogP contribution >= 0.6 is 0 Å². The van der Waals surface area contributed by atoms with E-state index in [1.54, 1.807) is 0 Å². The van der Waals surface area contributed by atoms with Crippen molar-refractivity contribution in [1.82, 2.24) is 4.90 Å². The number of hydrogen-bond acceptors (Lipinski definition) is 3. The molecule has 112 valence electrons. The molecule has 2 N–H and O–H groups in total. The highest BCUT2D eigenvalue weighted by atomic mass is 16.5. The lowest BCUT2D eigenvalue weighted by Gasteiger charge is -2.39. The maximum absolute atomic E-state index is 6.34. The molecule has 0 aromatic heterocycles. The molecule has 0 bridgehead atoms. The van der Waals surface area contributed by atoms with E-state index in [1.165, 1.54) is 58.2 Å². The van der Waals surface area contributed by atoms with Gasteiger partial charge in [-0.3, -0.25) is 0 Å². The number of nitrogens with zero attached hydrogens (tertiary/aromatic N) is 1. The lowest BCUT2D eigenvalue weighted by Crippen LogP contribution is -2.45. The van der Waals surface area contributed by atoms with Crippen LogP contribution in [0.1, 0.15) is 45.4 Å². The minimum Gasteiger partial charge on any atom is -0.384 e. The molecule has 0 aromatic rings. The molecule has 1 saturated carbocycles. The van der Waals surface area contributed by atoms with Crippen LogP contribution in [0.3, 0.4) is 0 Å². The van der Waals surface area contributed by atoms with Gasteiger partial charge < -0.3 is 15.4 Å². The Morgan fingerprint density at radius 3 is 2.47 bits per heavy atom. The third-order valence-electron chi connectivity index (χ3n) is 5.33. The van der Waals surface area contributed by atoms with Gasteiger partial charge in [0.25, 0.3) is 0 Å². The molecule has 19 heavy (non-hydrogen) atoms. The van der Waals surface area contributed by atoms with Gasteiger partial charge in [0.2, 0.25) is 0 Å². The molecule has 1 saturated heterocycles. The minimum atomic E-state index is 0.444. The van der Waals surface area contributed by atoms with Gasteiger partial charge in [-0.1, -0.05) is 13.3 Å². The zero-order chi connectivity index (χ0) is 13.7. The highest BCUT2D eigenvalue weighted by molar-refractivity contribution is 4.85. The van der Waals surface area contributed by atoms with Crippen molar-refractivity contribution in [3.8, 4) is 0 Å². The summed E-state index contributed by atoms with van der Waals surface area (Å²) >= 11 is 0. The first-order valence-corrected chi connectivity index (χ1v) is 8.19. The molecule has 2 aliphatic rings. The zero-order valence-electron chi connectivity index (χ0n) is 12.8. The number of nitrogens with two attached hydrogens (primary N) is 1. The minimum absolute atomic E-state index is 0.444. The molecule has 3 unspecified atom stereocenters. The van der Waals surface area contributed by atoms with E-state index in [9.17, 15) is 0 Å². The fourth-order valence-electron chi connectivity index (χ4n) is 3.87. The van der Waals surface area contributed by atoms with E-state index in [4.69, 9.17) is 10.5 Å². The van der Waals surface area contributed by atoms with Crippen molar-refractivity contribution in [2.24, 2.45) is 23.5 Å². The van der Waals surface area contributed by atoms with E-state index in [0.29, 0.717) is 6.04 Å². The van der Waals surface area contributed by atoms with Crippen LogP contribution in [0.5, 0.6) is 0 Å². The summed E-state index contributed by atoms with van der Waals surface area (Å²) in [5, 5.41) is 0. The van der Waals surface area contributed by atoms with Crippen LogP contribution in [0.4, 0.5) is 0 Å². The Balaban J connectivity index is 1.74. The van der Waals surface area contributed by atoms with E-state index in [0.717, 1.165) is 24.4 Å². The van der Waals surface area contributed by atoms with Crippen LogP contribution in [0.15, 0.2) is 0 Å². The Kier molecular flexibility index (Phi) is 6.11. The summed E-state index contributed by atoms with van der Waals surface area (Å²) in [5.74, 6) is 2.44. The van der Waals surface area contributed by atoms with Crippen molar-refractivity contribution in [2.75, 3.05) is 33.4 Å². The lowest BCUT2D eigenvalue weighted by molar-refractivity contribution is 0.0809. The third-order valence-corrected chi connectivity index (χ3v) is 5.33. The van der Waals surface area contributed by atoms with Gasteiger partial charge in [0.15, 0.2) is 0 Å². The number of rotatable bonds is 5. The van der Waals surface area contributed by atoms with Crippen LogP contribution in [-0.2, 0) is 4.74 Å². The first-order chi connectivity index (χ1) is 9.22. The van der Waals surface area contributed by atoms with Gasteiger partial charge in [-0.15, -0.1) is 0 Å². The molecular weight excluding hydrogens is 236 g/mol. The molecule has 2 rings (SSSR count). The Hall–Kier alpha value is -0.120. The van der Waals surface area contributed by atoms with Crippen LogP contribution in [-0.4, -0.2) is 44.3 Å². The van der Waals surface area contributed by atoms with E-state index in [1.807, 2.05) is 7.11 Å². The van der Waals surface area contributed by atoms with Gasteiger partial charge >= 0.3 is 0 Å². The molecular formula is C16H32N2O. The largest absolute Gasteiger partial charge is 0.384 e. The Morgan fingerprint density at radius 2 is 1.84 bits per heavy atom. The van der Waals surface area contributed by atoms with E-state index >= 15 is 0 Å². The average molecular weight is 268 g/mol. The van der Waals surface area contributed by atoms with Crippen molar-refractivity contribution in [3.05, 3.63) is 0 Å². The first-order valence-electron chi connectivity index (χ1n) is 8.19. The van der Waals surface area contributed by atoms with Crippen molar-refractivity contribution in [2.45, 2.75) is 51.5 Å². The molecule has 0 amide bonds. The zero-order valence-corrected chi connectivity index (χ0v) is 12.8. The Labute approximate surface area is 118 Å². The molecule has 3 atom stereocenters. The molecule has 1 aliphatic carbocycles. The maximum Gasteiger partial charge on any atom is 0.0491 e. The molecule has 0 spiro atoms. The lowest BCUT2D eigenvalue weighted by atomic mass is 9.77. The standard InChI is InChI=1S/C16H32N2O/c1-3-13-4-5-16(17)15(10-13)11-18-8-6-14(7-9-18)12-19-2/h13-16H,3-12,17H2,1-2H3. The van der Waals surface area contributed by atoms with Crippen molar-refractivity contribution < 1.29 is 4.74 Å². The second kappa shape index (κ2) is 7.61. The third kappa shape index (κ3) is 4.44. The van der Waals surface area contributed by atoms with Gasteiger partial charge in [0.05, 0.1) is 0 Å². The number of hydrogen-bond donors (Lipinski definition) is 1. The number of likely N-dealkylation sites (tertiary alicyclic amines) is 1. The summed E-state index contributed by atoms with van der Waals surface area (Å²) in [7, 11) is 1.82. The fourth-order valence-corrected chi connectivity index (χ4v) is 3.87. The summed E-state index contributed by atoms with van der Waals surface area (Å²) in [5.41, 5.74) is 6.34. The van der Waals surface area contributed by atoms with Crippen molar-refractivity contribution in [3.63, 3.8) is 0 Å². The molecule has 2 fully saturated rings. The van der Waals surface area contributed by atoms with Crippen molar-refractivity contribution in [1.29, 1.82) is 0 Å². The first kappa shape index (κ1) is 15.3. The smallest absolute Gasteiger partial charge is 0.0491 e. The van der Waals surface area contributed by atoms with E-state index in [2.05, 4.69) is 11.8 Å². The highest BCUT2D eigenvalue weighted by Crippen LogP contribution is 2.31. The average Bonchev–Trinajstić information content (AvgIpc) is 2.44. The quantitative estimate of drug-likeness (QED) is 0.832. The molecule has 0 radical (unpaired) electrons. The second-order valence-electron chi connectivity index (χ2n) is 6.71. The molecule has 3 nitrogen and oxygen atoms in total. The predicted molar refractivity (Wildman–Crippen MR) is 80.1 cm³/mol. The van der Waals surface area contributed by atoms with Crippen molar-refractivity contribution >= 4 is 0 Å². The molecule has 3 heteroatoms. The summed E-state index contributed by atoms with van der Waals surface area (Å²) in [6.07, 6.45) is 7.88. The summed E-state index contributed by atoms with van der Waals surface area (Å²) < 4.78 is 5.27. The summed E-state index contributed by atoms with van der Waals surface area (Å²) in [6.45, 7) is 6.99. The Bertz CT molecular complexity index is 251. The van der Waals surface area contributed by atoms with Gasteiger partial charge in [-0.25, -0.2) is 0 Å². The summed E-state index contributed by atoms with van der Waals surface area (Å²) in [4.78, 5) is 2.65. The van der Waals surface area contributed by atoms with E-state index < -0.39 is 0 Å². The molecule has 0 aromatic carbocycles. The summed E-state index contributed by atoms with van der Waals surface area (Å²) in [6, 6.07) is 0.444. The predicted octanol–water partition coefficient (Wildman–Crippen LogP) is 2.50. The maximum atomic E-state index is 6.34. The van der Waals surface area contributed by atoms with Gasteiger partial charge in [-0.2, -0.15) is 0 Å². The number of piperidine rings is 1. The topological polar surface area (TPSA) is 38.5 Å². The normalized spacial score (nSPS) is 34.6.